The molecule has 1 aliphatic heterocycles. The normalized spacial score (nSPS) is 13.8. The van der Waals surface area contributed by atoms with Crippen molar-refractivity contribution in [3.8, 4) is 11.5 Å². The van der Waals surface area contributed by atoms with Crippen molar-refractivity contribution in [1.82, 2.24) is 4.90 Å². The van der Waals surface area contributed by atoms with E-state index in [-0.39, 0.29) is 12.6 Å². The maximum atomic E-state index is 13.2. The number of carbonyl (C=O) groups excluding carboxylic acids is 1. The van der Waals surface area contributed by atoms with Crippen molar-refractivity contribution in [1.29, 1.82) is 0 Å². The van der Waals surface area contributed by atoms with Crippen molar-refractivity contribution in [3.63, 3.8) is 0 Å². The highest BCUT2D eigenvalue weighted by Gasteiger charge is 2.33. The second-order valence-electron chi connectivity index (χ2n) is 12.2. The van der Waals surface area contributed by atoms with Crippen LogP contribution in [-0.2, 0) is 37.9 Å². The highest BCUT2D eigenvalue weighted by molar-refractivity contribution is 7.53. The summed E-state index contributed by atoms with van der Waals surface area (Å²) in [7, 11) is -2.87. The van der Waals surface area contributed by atoms with Crippen molar-refractivity contribution in [2.45, 2.75) is 73.0 Å². The number of methoxy groups -OCH3 is 1. The summed E-state index contributed by atoms with van der Waals surface area (Å²) < 4.78 is 42.1. The van der Waals surface area contributed by atoms with Gasteiger partial charge in [0.05, 0.1) is 33.1 Å². The predicted octanol–water partition coefficient (Wildman–Crippen LogP) is 7.65. The second-order valence-corrected chi connectivity index (χ2v) is 20.0. The lowest BCUT2D eigenvalue weighted by molar-refractivity contribution is 0.0532. The number of benzene rings is 2. The number of hydrogen-bond acceptors (Lipinski definition) is 8. The number of carbonyl (C=O) groups is 1. The summed E-state index contributed by atoms with van der Waals surface area (Å²) in [5.74, 6) is 0.977. The maximum Gasteiger partial charge on any atom is 0.342 e. The lowest BCUT2D eigenvalue weighted by Crippen LogP contribution is -2.29. The van der Waals surface area contributed by atoms with Crippen LogP contribution < -0.4 is 9.47 Å². The zero-order chi connectivity index (χ0) is 31.6. The molecule has 238 valence electrons. The average molecular weight is 632 g/mol. The fourth-order valence-corrected chi connectivity index (χ4v) is 7.56. The monoisotopic (exact) mass is 631 g/mol. The molecule has 0 aliphatic carbocycles. The Morgan fingerprint density at radius 3 is 2.37 bits per heavy atom. The van der Waals surface area contributed by atoms with Crippen LogP contribution >= 0.6 is 7.60 Å². The van der Waals surface area contributed by atoms with Crippen LogP contribution in [0.5, 0.6) is 11.5 Å². The van der Waals surface area contributed by atoms with Gasteiger partial charge in [0.25, 0.3) is 0 Å². The smallest absolute Gasteiger partial charge is 0.342 e. The molecule has 0 bridgehead atoms. The fourth-order valence-electron chi connectivity index (χ4n) is 5.20. The first-order chi connectivity index (χ1) is 20.4. The summed E-state index contributed by atoms with van der Waals surface area (Å²) in [5, 5.41) is 0. The molecular weight excluding hydrogens is 581 g/mol. The number of cyclic esters (lactones) is 1. The van der Waals surface area contributed by atoms with Crippen LogP contribution in [0.4, 0.5) is 0 Å². The van der Waals surface area contributed by atoms with Crippen molar-refractivity contribution in [2.24, 2.45) is 0 Å². The number of esters is 1. The third-order valence-corrected chi connectivity index (χ3v) is 11.2. The van der Waals surface area contributed by atoms with Crippen molar-refractivity contribution in [2.75, 3.05) is 46.2 Å². The van der Waals surface area contributed by atoms with Gasteiger partial charge in [0.1, 0.15) is 23.7 Å². The third-order valence-electron chi connectivity index (χ3n) is 7.44. The van der Waals surface area contributed by atoms with Gasteiger partial charge in [0.2, 0.25) is 0 Å². The Kier molecular flexibility index (Phi) is 13.1. The maximum absolute atomic E-state index is 13.2. The van der Waals surface area contributed by atoms with Crippen molar-refractivity contribution in [3.05, 3.63) is 69.8 Å². The Hall–Kier alpha value is -2.42. The minimum atomic E-state index is -3.18. The van der Waals surface area contributed by atoms with Gasteiger partial charge >= 0.3 is 13.6 Å². The van der Waals surface area contributed by atoms with Crippen LogP contribution in [0.1, 0.15) is 53.4 Å². The summed E-state index contributed by atoms with van der Waals surface area (Å²) in [4.78, 5) is 15.1. The first-order valence-corrected chi connectivity index (χ1v) is 20.7. The Morgan fingerprint density at radius 2 is 1.77 bits per heavy atom. The zero-order valence-corrected chi connectivity index (χ0v) is 29.2. The molecule has 10 heteroatoms. The summed E-state index contributed by atoms with van der Waals surface area (Å²) in [6, 6.07) is 11.2. The Bertz CT molecular complexity index is 1300. The molecule has 2 aromatic rings. The molecule has 0 unspecified atom stereocenters. The van der Waals surface area contributed by atoms with E-state index in [1.54, 1.807) is 7.11 Å². The van der Waals surface area contributed by atoms with Gasteiger partial charge in [0.15, 0.2) is 0 Å². The molecule has 0 amide bonds. The number of fused-ring (bicyclic) bond motifs is 1. The van der Waals surface area contributed by atoms with E-state index in [4.69, 9.17) is 23.3 Å². The van der Waals surface area contributed by atoms with Gasteiger partial charge in [-0.25, -0.2) is 4.79 Å². The molecule has 0 fully saturated rings. The summed E-state index contributed by atoms with van der Waals surface area (Å²) in [6.45, 7) is 18.0. The van der Waals surface area contributed by atoms with E-state index in [0.29, 0.717) is 63.4 Å². The van der Waals surface area contributed by atoms with Gasteiger partial charge in [-0.05, 0) is 51.3 Å². The van der Waals surface area contributed by atoms with Crippen LogP contribution in [0, 0.1) is 6.92 Å². The van der Waals surface area contributed by atoms with Crippen molar-refractivity contribution < 1.29 is 32.6 Å². The third kappa shape index (κ3) is 10.0. The van der Waals surface area contributed by atoms with Gasteiger partial charge in [0, 0.05) is 38.8 Å². The first kappa shape index (κ1) is 35.1. The Balaban J connectivity index is 1.89. The highest BCUT2D eigenvalue weighted by atomic mass is 31.2. The van der Waals surface area contributed by atoms with Gasteiger partial charge in [-0.2, -0.15) is 0 Å². The van der Waals surface area contributed by atoms with Crippen molar-refractivity contribution >= 4 is 21.6 Å². The molecule has 2 aromatic carbocycles. The Morgan fingerprint density at radius 1 is 1.09 bits per heavy atom. The lowest BCUT2D eigenvalue weighted by Gasteiger charge is -2.25. The molecule has 0 saturated carbocycles. The molecule has 1 aliphatic rings. The zero-order valence-electron chi connectivity index (χ0n) is 27.3. The molecular formula is C33H50NO7PSi. The van der Waals surface area contributed by atoms with Crippen LogP contribution in [-0.4, -0.2) is 65.1 Å². The van der Waals surface area contributed by atoms with Gasteiger partial charge < -0.3 is 23.3 Å². The number of hydrogen-bond donors (Lipinski definition) is 0. The average Bonchev–Trinajstić information content (AvgIpc) is 3.34. The summed E-state index contributed by atoms with van der Waals surface area (Å²) in [5.41, 5.74) is 5.45. The van der Waals surface area contributed by atoms with E-state index in [1.807, 2.05) is 39.0 Å². The van der Waals surface area contributed by atoms with Gasteiger partial charge in [-0.1, -0.05) is 61.6 Å². The first-order valence-electron chi connectivity index (χ1n) is 15.2. The van der Waals surface area contributed by atoms with Gasteiger partial charge in [-0.15, -0.1) is 0 Å². The molecule has 8 nitrogen and oxygen atoms in total. The number of nitrogens with zero attached hydrogens (tertiary/aromatic N) is 1. The minimum Gasteiger partial charge on any atom is -0.496 e. The SMILES string of the molecule is CCOP(=O)(CCN(C/C(C)=C/Cc1c(OC)c(C)c2c(c1OCC[Si](C)(C)C)C(=O)OC2)Cc1ccccc1)OCC. The molecule has 0 aromatic heterocycles. The molecule has 43 heavy (non-hydrogen) atoms. The van der Waals surface area contributed by atoms with Crippen LogP contribution in [0.3, 0.4) is 0 Å². The second kappa shape index (κ2) is 16.1. The molecule has 0 saturated heterocycles. The molecule has 0 spiro atoms. The molecule has 0 radical (unpaired) electrons. The molecule has 1 heterocycles. The summed E-state index contributed by atoms with van der Waals surface area (Å²) in [6.07, 6.45) is 3.01. The Labute approximate surface area is 259 Å². The molecule has 0 N–H and O–H groups in total. The van der Waals surface area contributed by atoms with Crippen LogP contribution in [0.25, 0.3) is 0 Å². The molecule has 3 rings (SSSR count). The minimum absolute atomic E-state index is 0.234. The lowest BCUT2D eigenvalue weighted by atomic mass is 9.94. The van der Waals surface area contributed by atoms with E-state index < -0.39 is 15.7 Å². The number of ether oxygens (including phenoxy) is 3. The number of rotatable bonds is 18. The van der Waals surface area contributed by atoms with E-state index in [0.717, 1.165) is 34.1 Å². The largest absolute Gasteiger partial charge is 0.496 e. The van der Waals surface area contributed by atoms with E-state index in [9.17, 15) is 9.36 Å². The van der Waals surface area contributed by atoms with Gasteiger partial charge in [-0.3, -0.25) is 9.46 Å². The number of allylic oxidation sites excluding steroid dienone is 1. The highest BCUT2D eigenvalue weighted by Crippen LogP contribution is 2.48. The van der Waals surface area contributed by atoms with Crippen LogP contribution in [0.2, 0.25) is 25.7 Å². The fraction of sp³-hybridized carbons (Fsp3) is 0.545. The predicted molar refractivity (Wildman–Crippen MR) is 175 cm³/mol. The standard InChI is InChI=1S/C33H50NO7PSi/c1-9-40-42(36,41-10-2)20-18-34(23-27-14-12-11-13-15-27)22-25(3)16-17-28-31(37-5)26(4)29-24-39-33(35)30(29)32(28)38-19-21-43(6,7)8/h11-16H,9-10,17-24H2,1-8H3/b25-16+. The molecule has 0 atom stereocenters. The quantitative estimate of drug-likeness (QED) is 0.0718. The van der Waals surface area contributed by atoms with Crippen LogP contribution in [0.15, 0.2) is 42.0 Å². The summed E-state index contributed by atoms with van der Waals surface area (Å²) >= 11 is 0. The van der Waals surface area contributed by atoms with E-state index >= 15 is 0 Å². The van der Waals surface area contributed by atoms with E-state index in [2.05, 4.69) is 49.7 Å². The topological polar surface area (TPSA) is 83.5 Å². The van der Waals surface area contributed by atoms with E-state index in [1.165, 1.54) is 5.56 Å².